The predicted molar refractivity (Wildman–Crippen MR) is 101 cm³/mol. The summed E-state index contributed by atoms with van der Waals surface area (Å²) in [5.41, 5.74) is 1.02. The van der Waals surface area contributed by atoms with E-state index in [1.54, 1.807) is 25.1 Å². The third-order valence-corrected chi connectivity index (χ3v) is 5.44. The second-order valence-corrected chi connectivity index (χ2v) is 7.44. The molecule has 0 aromatic heterocycles. The maximum atomic E-state index is 13.1. The highest BCUT2D eigenvalue weighted by atomic mass is 16.4. The maximum Gasteiger partial charge on any atom is 0.304 e. The van der Waals surface area contributed by atoms with Crippen LogP contribution in [-0.4, -0.2) is 22.9 Å². The van der Waals surface area contributed by atoms with Crippen LogP contribution in [0.4, 0.5) is 11.4 Å². The van der Waals surface area contributed by atoms with Crippen LogP contribution in [-0.2, 0) is 14.4 Å². The first kappa shape index (κ1) is 19.9. The number of amides is 2. The summed E-state index contributed by atoms with van der Waals surface area (Å²) in [4.78, 5) is 35.8. The number of benzene rings is 1. The summed E-state index contributed by atoms with van der Waals surface area (Å²) in [6, 6.07) is 5.29. The Hall–Kier alpha value is -2.37. The van der Waals surface area contributed by atoms with E-state index in [0.717, 1.165) is 37.7 Å². The van der Waals surface area contributed by atoms with Gasteiger partial charge in [-0.15, -0.1) is 0 Å². The average Bonchev–Trinajstić information content (AvgIpc) is 2.58. The number of aliphatic carboxylic acids is 1. The van der Waals surface area contributed by atoms with Gasteiger partial charge in [0.05, 0.1) is 11.8 Å². The second kappa shape index (κ2) is 8.34. The normalized spacial score (nSPS) is 17.2. The number of anilines is 2. The molecule has 1 fully saturated rings. The van der Waals surface area contributed by atoms with Gasteiger partial charge >= 0.3 is 5.97 Å². The zero-order valence-electron chi connectivity index (χ0n) is 15.7. The van der Waals surface area contributed by atoms with Crippen LogP contribution in [0.15, 0.2) is 18.2 Å². The van der Waals surface area contributed by atoms with Crippen LogP contribution < -0.4 is 10.6 Å². The van der Waals surface area contributed by atoms with Gasteiger partial charge < -0.3 is 15.7 Å². The number of carboxylic acid groups (broad SMARTS) is 1. The number of carbonyl (C=O) groups excluding carboxylic acids is 2. The van der Waals surface area contributed by atoms with Crippen molar-refractivity contribution < 1.29 is 19.5 Å². The van der Waals surface area contributed by atoms with E-state index in [1.165, 1.54) is 6.92 Å². The summed E-state index contributed by atoms with van der Waals surface area (Å²) in [6.45, 7) is 5.01. The number of carbonyl (C=O) groups is 3. The molecular formula is C20H28N2O4. The van der Waals surface area contributed by atoms with Crippen LogP contribution in [0.25, 0.3) is 0 Å². The molecule has 0 unspecified atom stereocenters. The van der Waals surface area contributed by atoms with Gasteiger partial charge in [-0.2, -0.15) is 0 Å². The number of carboxylic acids is 1. The van der Waals surface area contributed by atoms with Gasteiger partial charge in [-0.3, -0.25) is 14.4 Å². The van der Waals surface area contributed by atoms with Crippen molar-refractivity contribution >= 4 is 29.2 Å². The summed E-state index contributed by atoms with van der Waals surface area (Å²) >= 11 is 0. The lowest BCUT2D eigenvalue weighted by Crippen LogP contribution is -2.42. The van der Waals surface area contributed by atoms with Gasteiger partial charge in [0.2, 0.25) is 11.8 Å². The second-order valence-electron chi connectivity index (χ2n) is 7.44. The SMILES string of the molecule is CC(=O)Nc1cccc(NC(=O)[C@](C)(CC(=O)O)C2CCCCC2)c1C. The van der Waals surface area contributed by atoms with Crippen LogP contribution in [0, 0.1) is 18.3 Å². The van der Waals surface area contributed by atoms with E-state index in [9.17, 15) is 19.5 Å². The largest absolute Gasteiger partial charge is 0.481 e. The quantitative estimate of drug-likeness (QED) is 0.716. The van der Waals surface area contributed by atoms with Crippen LogP contribution >= 0.6 is 0 Å². The van der Waals surface area contributed by atoms with E-state index in [2.05, 4.69) is 10.6 Å². The Labute approximate surface area is 154 Å². The van der Waals surface area contributed by atoms with Gasteiger partial charge in [0.25, 0.3) is 0 Å². The first-order chi connectivity index (χ1) is 12.2. The molecule has 2 amide bonds. The monoisotopic (exact) mass is 360 g/mol. The Morgan fingerprint density at radius 3 is 2.23 bits per heavy atom. The highest BCUT2D eigenvalue weighted by molar-refractivity contribution is 5.99. The molecule has 0 bridgehead atoms. The molecule has 6 heteroatoms. The zero-order valence-corrected chi connectivity index (χ0v) is 15.7. The van der Waals surface area contributed by atoms with E-state index in [4.69, 9.17) is 0 Å². The predicted octanol–water partition coefficient (Wildman–Crippen LogP) is 3.95. The van der Waals surface area contributed by atoms with Crippen molar-refractivity contribution in [3.05, 3.63) is 23.8 Å². The molecule has 0 saturated heterocycles. The summed E-state index contributed by atoms with van der Waals surface area (Å²) in [7, 11) is 0. The smallest absolute Gasteiger partial charge is 0.304 e. The van der Waals surface area contributed by atoms with Gasteiger partial charge in [0, 0.05) is 18.3 Å². The summed E-state index contributed by atoms with van der Waals surface area (Å²) in [5, 5.41) is 15.0. The van der Waals surface area contributed by atoms with Crippen molar-refractivity contribution in [1.82, 2.24) is 0 Å². The van der Waals surface area contributed by atoms with Crippen molar-refractivity contribution in [2.45, 2.75) is 59.3 Å². The van der Waals surface area contributed by atoms with Crippen molar-refractivity contribution in [3.63, 3.8) is 0 Å². The molecule has 142 valence electrons. The molecule has 1 saturated carbocycles. The van der Waals surface area contributed by atoms with E-state index < -0.39 is 11.4 Å². The fraction of sp³-hybridized carbons (Fsp3) is 0.550. The number of nitrogens with one attached hydrogen (secondary N) is 2. The molecule has 6 nitrogen and oxygen atoms in total. The van der Waals surface area contributed by atoms with Crippen molar-refractivity contribution in [3.8, 4) is 0 Å². The van der Waals surface area contributed by atoms with Crippen LogP contribution in [0.5, 0.6) is 0 Å². The summed E-state index contributed by atoms with van der Waals surface area (Å²) in [5.74, 6) is -1.35. The third-order valence-electron chi connectivity index (χ3n) is 5.44. The zero-order chi connectivity index (χ0) is 19.3. The van der Waals surface area contributed by atoms with Crippen LogP contribution in [0.3, 0.4) is 0 Å². The molecule has 0 aliphatic heterocycles. The van der Waals surface area contributed by atoms with Crippen LogP contribution in [0.2, 0.25) is 0 Å². The van der Waals surface area contributed by atoms with E-state index in [-0.39, 0.29) is 24.2 Å². The molecule has 2 rings (SSSR count). The Morgan fingerprint density at radius 1 is 1.12 bits per heavy atom. The van der Waals surface area contributed by atoms with Crippen molar-refractivity contribution in [2.75, 3.05) is 10.6 Å². The lowest BCUT2D eigenvalue weighted by molar-refractivity contribution is -0.145. The standard InChI is InChI=1S/C20H28N2O4/c1-13-16(21-14(2)23)10-7-11-17(13)22-19(26)20(3,12-18(24)25)15-8-5-4-6-9-15/h7,10-11,15H,4-6,8-9,12H2,1-3H3,(H,21,23)(H,22,26)(H,24,25)/t20-/m1/s1. The maximum absolute atomic E-state index is 13.1. The molecule has 0 radical (unpaired) electrons. The molecular weight excluding hydrogens is 332 g/mol. The lowest BCUT2D eigenvalue weighted by atomic mass is 9.67. The van der Waals surface area contributed by atoms with Gasteiger partial charge in [-0.25, -0.2) is 0 Å². The van der Waals surface area contributed by atoms with Gasteiger partial charge in [0.1, 0.15) is 0 Å². The molecule has 1 aromatic carbocycles. The average molecular weight is 360 g/mol. The molecule has 3 N–H and O–H groups in total. The molecule has 26 heavy (non-hydrogen) atoms. The number of hydrogen-bond acceptors (Lipinski definition) is 3. The number of rotatable bonds is 6. The number of hydrogen-bond donors (Lipinski definition) is 3. The lowest BCUT2D eigenvalue weighted by Gasteiger charge is -2.37. The van der Waals surface area contributed by atoms with Gasteiger partial charge in [-0.1, -0.05) is 25.3 Å². The first-order valence-corrected chi connectivity index (χ1v) is 9.14. The third kappa shape index (κ3) is 4.62. The van der Waals surface area contributed by atoms with Crippen molar-refractivity contribution in [1.29, 1.82) is 0 Å². The molecule has 1 aliphatic carbocycles. The fourth-order valence-electron chi connectivity index (χ4n) is 3.83. The Bertz CT molecular complexity index is 695. The van der Waals surface area contributed by atoms with Crippen molar-refractivity contribution in [2.24, 2.45) is 11.3 Å². The van der Waals surface area contributed by atoms with E-state index in [1.807, 2.05) is 6.92 Å². The fourth-order valence-corrected chi connectivity index (χ4v) is 3.83. The first-order valence-electron chi connectivity index (χ1n) is 9.14. The van der Waals surface area contributed by atoms with Crippen LogP contribution in [0.1, 0.15) is 57.9 Å². The highest BCUT2D eigenvalue weighted by Gasteiger charge is 2.43. The van der Waals surface area contributed by atoms with E-state index in [0.29, 0.717) is 11.4 Å². The minimum Gasteiger partial charge on any atom is -0.481 e. The van der Waals surface area contributed by atoms with Gasteiger partial charge in [0.15, 0.2) is 0 Å². The molecule has 0 heterocycles. The minimum atomic E-state index is -0.961. The molecule has 1 aliphatic rings. The molecule has 1 aromatic rings. The highest BCUT2D eigenvalue weighted by Crippen LogP contribution is 2.42. The Balaban J connectivity index is 2.26. The Kier molecular flexibility index (Phi) is 6.40. The molecule has 1 atom stereocenters. The van der Waals surface area contributed by atoms with Gasteiger partial charge in [-0.05, 0) is 50.3 Å². The summed E-state index contributed by atoms with van der Waals surface area (Å²) < 4.78 is 0. The Morgan fingerprint density at radius 2 is 1.69 bits per heavy atom. The topological polar surface area (TPSA) is 95.5 Å². The van der Waals surface area contributed by atoms with E-state index >= 15 is 0 Å². The minimum absolute atomic E-state index is 0.0613. The molecule has 0 spiro atoms. The summed E-state index contributed by atoms with van der Waals surface area (Å²) in [6.07, 6.45) is 4.77.